The molecule has 0 bridgehead atoms. The number of rotatable bonds is 7. The van der Waals surface area contributed by atoms with Crippen LogP contribution in [0.3, 0.4) is 0 Å². The van der Waals surface area contributed by atoms with Gasteiger partial charge in [0.05, 0.1) is 22.4 Å². The smallest absolute Gasteiger partial charge is 0.254 e. The van der Waals surface area contributed by atoms with Gasteiger partial charge in [0.1, 0.15) is 11.8 Å². The van der Waals surface area contributed by atoms with Crippen molar-refractivity contribution in [2.24, 2.45) is 0 Å². The van der Waals surface area contributed by atoms with E-state index in [0.29, 0.717) is 29.9 Å². The number of hydrogen-bond donors (Lipinski definition) is 3. The Hall–Kier alpha value is -3.50. The minimum Gasteiger partial charge on any atom is -0.390 e. The van der Waals surface area contributed by atoms with E-state index in [1.54, 1.807) is 32.3 Å². The summed E-state index contributed by atoms with van der Waals surface area (Å²) in [6.45, 7) is 7.80. The lowest BCUT2D eigenvalue weighted by molar-refractivity contribution is 0.0693. The molecule has 1 aromatic carbocycles. The molecule has 1 amide bonds. The van der Waals surface area contributed by atoms with E-state index in [-0.39, 0.29) is 11.9 Å². The van der Waals surface area contributed by atoms with Gasteiger partial charge in [0.25, 0.3) is 5.91 Å². The second-order valence-corrected chi connectivity index (χ2v) is 8.44. The number of nitriles is 1. The second-order valence-electron chi connectivity index (χ2n) is 8.44. The van der Waals surface area contributed by atoms with E-state index in [4.69, 9.17) is 5.26 Å². The number of aliphatic hydroxyl groups is 1. The fourth-order valence-corrected chi connectivity index (χ4v) is 3.20. The number of anilines is 1. The molecule has 31 heavy (non-hydrogen) atoms. The van der Waals surface area contributed by atoms with E-state index in [1.807, 2.05) is 44.2 Å². The Morgan fingerprint density at radius 3 is 2.52 bits per heavy atom. The summed E-state index contributed by atoms with van der Waals surface area (Å²) in [5.74, 6) is -0.243. The van der Waals surface area contributed by atoms with Crippen LogP contribution in [0.2, 0.25) is 0 Å². The first-order valence-corrected chi connectivity index (χ1v) is 10.2. The van der Waals surface area contributed by atoms with E-state index in [0.717, 1.165) is 22.0 Å². The quantitative estimate of drug-likeness (QED) is 0.538. The van der Waals surface area contributed by atoms with Gasteiger partial charge in [0.2, 0.25) is 0 Å². The first-order valence-electron chi connectivity index (χ1n) is 10.2. The van der Waals surface area contributed by atoms with Crippen LogP contribution in [-0.4, -0.2) is 39.2 Å². The lowest BCUT2D eigenvalue weighted by atomic mass is 10.0. The summed E-state index contributed by atoms with van der Waals surface area (Å²) in [7, 11) is 0. The SMILES string of the molecule is CC(C)Nc1c(C(=O)NCCC(C)(C)O)cnc2ccc(-c3ccc(C#N)nc3)cc12. The van der Waals surface area contributed by atoms with Crippen molar-refractivity contribution >= 4 is 22.5 Å². The van der Waals surface area contributed by atoms with Crippen molar-refractivity contribution in [1.82, 2.24) is 15.3 Å². The fourth-order valence-electron chi connectivity index (χ4n) is 3.20. The maximum Gasteiger partial charge on any atom is 0.254 e. The van der Waals surface area contributed by atoms with Gasteiger partial charge in [0.15, 0.2) is 0 Å². The van der Waals surface area contributed by atoms with Crippen molar-refractivity contribution in [2.45, 2.75) is 45.8 Å². The Bertz CT molecular complexity index is 1130. The third-order valence-electron chi connectivity index (χ3n) is 4.78. The van der Waals surface area contributed by atoms with E-state index in [1.165, 1.54) is 0 Å². The number of hydrogen-bond acceptors (Lipinski definition) is 6. The van der Waals surface area contributed by atoms with Crippen LogP contribution in [-0.2, 0) is 0 Å². The highest BCUT2D eigenvalue weighted by Crippen LogP contribution is 2.31. The Balaban J connectivity index is 2.02. The zero-order chi connectivity index (χ0) is 22.6. The molecule has 160 valence electrons. The monoisotopic (exact) mass is 417 g/mol. The molecule has 0 fully saturated rings. The molecule has 0 spiro atoms. The first-order chi connectivity index (χ1) is 14.7. The molecule has 0 aliphatic carbocycles. The number of carbonyl (C=O) groups is 1. The summed E-state index contributed by atoms with van der Waals surface area (Å²) >= 11 is 0. The molecule has 0 saturated carbocycles. The van der Waals surface area contributed by atoms with Gasteiger partial charge >= 0.3 is 0 Å². The van der Waals surface area contributed by atoms with E-state index in [9.17, 15) is 9.90 Å². The molecule has 7 nitrogen and oxygen atoms in total. The Morgan fingerprint density at radius 1 is 1.16 bits per heavy atom. The molecule has 2 heterocycles. The minimum absolute atomic E-state index is 0.105. The van der Waals surface area contributed by atoms with Crippen LogP contribution < -0.4 is 10.6 Å². The van der Waals surface area contributed by atoms with Crippen LogP contribution in [0, 0.1) is 11.3 Å². The average Bonchev–Trinajstić information content (AvgIpc) is 2.72. The average molecular weight is 418 g/mol. The predicted molar refractivity (Wildman–Crippen MR) is 122 cm³/mol. The molecule has 0 atom stereocenters. The van der Waals surface area contributed by atoms with E-state index >= 15 is 0 Å². The maximum atomic E-state index is 12.9. The van der Waals surface area contributed by atoms with Crippen molar-refractivity contribution < 1.29 is 9.90 Å². The van der Waals surface area contributed by atoms with Gasteiger partial charge in [-0.2, -0.15) is 5.26 Å². The molecule has 0 unspecified atom stereocenters. The summed E-state index contributed by atoms with van der Waals surface area (Å²) in [6.07, 6.45) is 3.69. The van der Waals surface area contributed by atoms with Gasteiger partial charge < -0.3 is 15.7 Å². The topological polar surface area (TPSA) is 111 Å². The second kappa shape index (κ2) is 9.11. The van der Waals surface area contributed by atoms with Gasteiger partial charge in [-0.05, 0) is 63.9 Å². The number of fused-ring (bicyclic) bond motifs is 1. The lowest BCUT2D eigenvalue weighted by Crippen LogP contribution is -2.31. The molecule has 2 aromatic heterocycles. The van der Waals surface area contributed by atoms with Crippen molar-refractivity contribution in [2.75, 3.05) is 11.9 Å². The number of carbonyl (C=O) groups excluding carboxylic acids is 1. The highest BCUT2D eigenvalue weighted by Gasteiger charge is 2.18. The molecule has 0 aliphatic rings. The highest BCUT2D eigenvalue weighted by atomic mass is 16.3. The molecule has 0 saturated heterocycles. The fraction of sp³-hybridized carbons (Fsp3) is 0.333. The van der Waals surface area contributed by atoms with Crippen molar-refractivity contribution in [1.29, 1.82) is 5.26 Å². The molecule has 3 aromatic rings. The van der Waals surface area contributed by atoms with Gasteiger partial charge in [-0.15, -0.1) is 0 Å². The number of amides is 1. The Labute approximate surface area is 182 Å². The lowest BCUT2D eigenvalue weighted by Gasteiger charge is -2.19. The largest absolute Gasteiger partial charge is 0.390 e. The standard InChI is InChI=1S/C24H27N5O2/c1-15(2)29-22-19-11-16(17-5-7-18(12-25)27-13-17)6-8-21(19)28-14-20(22)23(30)26-10-9-24(3,4)31/h5-8,11,13-15,31H,9-10H2,1-4H3,(H,26,30)(H,28,29). The van der Waals surface area contributed by atoms with Gasteiger partial charge in [-0.25, -0.2) is 4.98 Å². The molecular formula is C24H27N5O2. The minimum atomic E-state index is -0.849. The van der Waals surface area contributed by atoms with Crippen molar-refractivity contribution in [3.05, 3.63) is 54.0 Å². The zero-order valence-corrected chi connectivity index (χ0v) is 18.2. The highest BCUT2D eigenvalue weighted by molar-refractivity contribution is 6.07. The van der Waals surface area contributed by atoms with Crippen LogP contribution in [0.1, 0.15) is 50.2 Å². The van der Waals surface area contributed by atoms with Gasteiger partial charge in [-0.3, -0.25) is 9.78 Å². The Morgan fingerprint density at radius 2 is 1.90 bits per heavy atom. The van der Waals surface area contributed by atoms with Crippen LogP contribution in [0.5, 0.6) is 0 Å². The normalized spacial score (nSPS) is 11.4. The molecule has 0 aliphatic heterocycles. The van der Waals surface area contributed by atoms with E-state index in [2.05, 4.69) is 20.6 Å². The van der Waals surface area contributed by atoms with Gasteiger partial charge in [-0.1, -0.05) is 6.07 Å². The predicted octanol–water partition coefficient (Wildman–Crippen LogP) is 3.88. The van der Waals surface area contributed by atoms with Crippen molar-refractivity contribution in [3.8, 4) is 17.2 Å². The third-order valence-corrected chi connectivity index (χ3v) is 4.78. The maximum absolute atomic E-state index is 12.9. The summed E-state index contributed by atoms with van der Waals surface area (Å²) in [5, 5.41) is 25.9. The first kappa shape index (κ1) is 22.2. The summed E-state index contributed by atoms with van der Waals surface area (Å²) in [6, 6.07) is 11.5. The van der Waals surface area contributed by atoms with Crippen LogP contribution in [0.25, 0.3) is 22.0 Å². The molecule has 3 rings (SSSR count). The number of benzene rings is 1. The molecule has 7 heteroatoms. The summed E-state index contributed by atoms with van der Waals surface area (Å²) < 4.78 is 0. The van der Waals surface area contributed by atoms with Crippen LogP contribution in [0.15, 0.2) is 42.7 Å². The van der Waals surface area contributed by atoms with E-state index < -0.39 is 5.60 Å². The van der Waals surface area contributed by atoms with Gasteiger partial charge in [0, 0.05) is 35.9 Å². The number of pyridine rings is 2. The third kappa shape index (κ3) is 5.56. The van der Waals surface area contributed by atoms with Crippen LogP contribution in [0.4, 0.5) is 5.69 Å². The zero-order valence-electron chi connectivity index (χ0n) is 18.2. The molecule has 0 radical (unpaired) electrons. The number of aromatic nitrogens is 2. The summed E-state index contributed by atoms with van der Waals surface area (Å²) in [5.41, 5.74) is 3.23. The van der Waals surface area contributed by atoms with Crippen molar-refractivity contribution in [3.63, 3.8) is 0 Å². The number of nitrogens with zero attached hydrogens (tertiary/aromatic N) is 3. The van der Waals surface area contributed by atoms with Crippen LogP contribution >= 0.6 is 0 Å². The summed E-state index contributed by atoms with van der Waals surface area (Å²) in [4.78, 5) is 21.5. The molecular weight excluding hydrogens is 390 g/mol. The molecule has 3 N–H and O–H groups in total. The number of nitrogens with one attached hydrogen (secondary N) is 2. The Kier molecular flexibility index (Phi) is 6.52.